The molecule has 2 amide bonds. The number of phenols is 1. The standard InChI is InChI=1S/C22H17ClN2O5S2/c1-2-30-14-9-10(3-8-13(14)26)15-16-18(31-19-17(15)32-22(29)24-19)21(28)25(20(16)27)12-6-4-11(23)5-7-12/h3-9,15-16,18,26H,2H2,1H3,(H,24,29)/t15-,16?,18?/m1/s1. The maximum absolute atomic E-state index is 13.6. The monoisotopic (exact) mass is 488 g/mol. The molecule has 3 atom stereocenters. The summed E-state index contributed by atoms with van der Waals surface area (Å²) in [5, 5.41) is 10.5. The minimum atomic E-state index is -0.707. The molecule has 2 N–H and O–H groups in total. The summed E-state index contributed by atoms with van der Waals surface area (Å²) in [6.07, 6.45) is 0. The van der Waals surface area contributed by atoms with E-state index in [9.17, 15) is 19.5 Å². The third-order valence-electron chi connectivity index (χ3n) is 5.55. The zero-order valence-electron chi connectivity index (χ0n) is 16.7. The molecule has 2 aromatic carbocycles. The quantitative estimate of drug-likeness (QED) is 0.539. The Morgan fingerprint density at radius 1 is 1.12 bits per heavy atom. The first kappa shape index (κ1) is 21.1. The van der Waals surface area contributed by atoms with Crippen molar-refractivity contribution in [2.45, 2.75) is 23.1 Å². The molecule has 0 radical (unpaired) electrons. The van der Waals surface area contributed by atoms with Crippen molar-refractivity contribution in [3.63, 3.8) is 0 Å². The fraction of sp³-hybridized carbons (Fsp3) is 0.227. The van der Waals surface area contributed by atoms with Crippen molar-refractivity contribution in [2.75, 3.05) is 11.5 Å². The number of aromatic hydroxyl groups is 1. The minimum absolute atomic E-state index is 0.0172. The summed E-state index contributed by atoms with van der Waals surface area (Å²) in [4.78, 5) is 43.6. The molecule has 0 bridgehead atoms. The molecule has 164 valence electrons. The molecule has 2 unspecified atom stereocenters. The van der Waals surface area contributed by atoms with Crippen molar-refractivity contribution in [1.29, 1.82) is 0 Å². The Bertz CT molecular complexity index is 1290. The molecule has 7 nitrogen and oxygen atoms in total. The molecule has 1 aromatic heterocycles. The normalized spacial score (nSPS) is 22.1. The van der Waals surface area contributed by atoms with Gasteiger partial charge in [0.25, 0.3) is 0 Å². The third kappa shape index (κ3) is 3.32. The number of hydrogen-bond donors (Lipinski definition) is 2. The van der Waals surface area contributed by atoms with Gasteiger partial charge in [0.15, 0.2) is 11.5 Å². The lowest BCUT2D eigenvalue weighted by atomic mass is 9.83. The molecule has 10 heteroatoms. The van der Waals surface area contributed by atoms with Gasteiger partial charge in [-0.3, -0.25) is 14.4 Å². The number of amides is 2. The van der Waals surface area contributed by atoms with E-state index in [1.54, 1.807) is 43.3 Å². The van der Waals surface area contributed by atoms with Gasteiger partial charge in [0.1, 0.15) is 5.25 Å². The first-order valence-electron chi connectivity index (χ1n) is 9.87. The Hall–Kier alpha value is -2.75. The van der Waals surface area contributed by atoms with Crippen LogP contribution in [-0.2, 0) is 9.59 Å². The van der Waals surface area contributed by atoms with Crippen LogP contribution in [0.3, 0.4) is 0 Å². The number of hydrogen-bond acceptors (Lipinski definition) is 7. The largest absolute Gasteiger partial charge is 0.504 e. The smallest absolute Gasteiger partial charge is 0.305 e. The summed E-state index contributed by atoms with van der Waals surface area (Å²) in [6.45, 7) is 2.16. The Labute approximate surface area is 196 Å². The molecule has 2 aliphatic rings. The average molecular weight is 489 g/mol. The first-order valence-corrected chi connectivity index (χ1v) is 11.9. The number of halogens is 1. The summed E-state index contributed by atoms with van der Waals surface area (Å²) in [7, 11) is 0. The summed E-state index contributed by atoms with van der Waals surface area (Å²) in [5.74, 6) is -1.64. The van der Waals surface area contributed by atoms with Crippen LogP contribution in [0, 0.1) is 5.92 Å². The predicted molar refractivity (Wildman–Crippen MR) is 123 cm³/mol. The number of carbonyl (C=O) groups excluding carboxylic acids is 2. The molecule has 0 spiro atoms. The number of carbonyl (C=O) groups is 2. The van der Waals surface area contributed by atoms with E-state index in [1.807, 2.05) is 0 Å². The fourth-order valence-electron chi connectivity index (χ4n) is 4.22. The minimum Gasteiger partial charge on any atom is -0.504 e. The SMILES string of the molecule is CCOc1cc([C@H]2c3sc(=O)[nH]c3SC3C(=O)N(c4ccc(Cl)cc4)C(=O)C32)ccc1O. The van der Waals surface area contributed by atoms with Gasteiger partial charge >= 0.3 is 4.87 Å². The average Bonchev–Trinajstić information content (AvgIpc) is 3.25. The van der Waals surface area contributed by atoms with Crippen LogP contribution >= 0.6 is 34.7 Å². The number of aromatic amines is 1. The topological polar surface area (TPSA) is 99.7 Å². The highest BCUT2D eigenvalue weighted by molar-refractivity contribution is 8.00. The number of anilines is 1. The number of rotatable bonds is 4. The van der Waals surface area contributed by atoms with Gasteiger partial charge in [0, 0.05) is 15.8 Å². The fourth-order valence-corrected chi connectivity index (χ4v) is 6.86. The molecule has 1 fully saturated rings. The van der Waals surface area contributed by atoms with Crippen LogP contribution in [0.25, 0.3) is 0 Å². The molecule has 32 heavy (non-hydrogen) atoms. The van der Waals surface area contributed by atoms with Gasteiger partial charge in [-0.05, 0) is 48.9 Å². The van der Waals surface area contributed by atoms with Crippen molar-refractivity contribution in [1.82, 2.24) is 4.98 Å². The molecular formula is C22H17ClN2O5S2. The maximum atomic E-state index is 13.6. The van der Waals surface area contributed by atoms with Crippen LogP contribution in [0.4, 0.5) is 5.69 Å². The number of benzene rings is 2. The van der Waals surface area contributed by atoms with Gasteiger partial charge in [0.05, 0.1) is 23.2 Å². The lowest BCUT2D eigenvalue weighted by Gasteiger charge is -2.30. The second-order valence-electron chi connectivity index (χ2n) is 7.40. The number of ether oxygens (including phenoxy) is 1. The highest BCUT2D eigenvalue weighted by Gasteiger charge is 2.56. The molecule has 2 aliphatic heterocycles. The first-order chi connectivity index (χ1) is 15.4. The van der Waals surface area contributed by atoms with E-state index in [0.717, 1.165) is 11.3 Å². The van der Waals surface area contributed by atoms with Gasteiger partial charge in [-0.2, -0.15) is 0 Å². The van der Waals surface area contributed by atoms with Crippen LogP contribution in [0.5, 0.6) is 11.5 Å². The Kier molecular flexibility index (Phi) is 5.27. The van der Waals surface area contributed by atoms with E-state index >= 15 is 0 Å². The van der Waals surface area contributed by atoms with Crippen LogP contribution in [0.2, 0.25) is 5.02 Å². The number of fused-ring (bicyclic) bond motifs is 2. The zero-order chi connectivity index (χ0) is 22.6. The number of nitrogens with zero attached hydrogens (tertiary/aromatic N) is 1. The van der Waals surface area contributed by atoms with Crippen LogP contribution in [0.15, 0.2) is 52.3 Å². The number of phenolic OH excluding ortho intramolecular Hbond substituents is 1. The Morgan fingerprint density at radius 3 is 2.59 bits per heavy atom. The second kappa shape index (κ2) is 7.99. The maximum Gasteiger partial charge on any atom is 0.305 e. The number of nitrogens with one attached hydrogen (secondary N) is 1. The second-order valence-corrected chi connectivity index (χ2v) is 10.0. The van der Waals surface area contributed by atoms with Crippen molar-refractivity contribution in [3.05, 3.63) is 67.6 Å². The van der Waals surface area contributed by atoms with Gasteiger partial charge in [0.2, 0.25) is 11.8 Å². The van der Waals surface area contributed by atoms with Crippen LogP contribution in [-0.4, -0.2) is 33.8 Å². The molecule has 1 saturated heterocycles. The number of H-pyrrole nitrogens is 1. The van der Waals surface area contributed by atoms with Gasteiger partial charge < -0.3 is 14.8 Å². The van der Waals surface area contributed by atoms with Crippen molar-refractivity contribution >= 4 is 52.2 Å². The predicted octanol–water partition coefficient (Wildman–Crippen LogP) is 3.99. The Balaban J connectivity index is 1.64. The molecule has 0 saturated carbocycles. The van der Waals surface area contributed by atoms with Crippen LogP contribution in [0.1, 0.15) is 23.3 Å². The van der Waals surface area contributed by atoms with Crippen LogP contribution < -0.4 is 14.5 Å². The van der Waals surface area contributed by atoms with Gasteiger partial charge in [-0.25, -0.2) is 4.90 Å². The third-order valence-corrected chi connectivity index (χ3v) is 8.20. The van der Waals surface area contributed by atoms with Crippen molar-refractivity contribution in [3.8, 4) is 11.5 Å². The molecule has 5 rings (SSSR count). The van der Waals surface area contributed by atoms with E-state index in [-0.39, 0.29) is 28.2 Å². The summed E-state index contributed by atoms with van der Waals surface area (Å²) in [5.41, 5.74) is 1.15. The highest BCUT2D eigenvalue weighted by Crippen LogP contribution is 2.53. The Morgan fingerprint density at radius 2 is 1.88 bits per heavy atom. The molecule has 3 heterocycles. The van der Waals surface area contributed by atoms with E-state index in [4.69, 9.17) is 16.3 Å². The number of thioether (sulfide) groups is 1. The van der Waals surface area contributed by atoms with E-state index in [0.29, 0.717) is 32.8 Å². The van der Waals surface area contributed by atoms with Gasteiger partial charge in [-0.1, -0.05) is 40.8 Å². The lowest BCUT2D eigenvalue weighted by molar-refractivity contribution is -0.122. The van der Waals surface area contributed by atoms with E-state index < -0.39 is 17.1 Å². The lowest BCUT2D eigenvalue weighted by Crippen LogP contribution is -2.32. The molecule has 0 aliphatic carbocycles. The summed E-state index contributed by atoms with van der Waals surface area (Å²) >= 11 is 8.22. The highest BCUT2D eigenvalue weighted by atomic mass is 35.5. The molecule has 3 aromatic rings. The number of thiazole rings is 1. The van der Waals surface area contributed by atoms with E-state index in [1.165, 1.54) is 22.7 Å². The number of aromatic nitrogens is 1. The number of imide groups is 1. The summed E-state index contributed by atoms with van der Waals surface area (Å²) in [6, 6.07) is 11.4. The zero-order valence-corrected chi connectivity index (χ0v) is 19.1. The van der Waals surface area contributed by atoms with E-state index in [2.05, 4.69) is 4.98 Å². The van der Waals surface area contributed by atoms with Crippen molar-refractivity contribution in [2.24, 2.45) is 5.92 Å². The summed E-state index contributed by atoms with van der Waals surface area (Å²) < 4.78 is 5.53. The van der Waals surface area contributed by atoms with Gasteiger partial charge in [-0.15, -0.1) is 0 Å². The van der Waals surface area contributed by atoms with Crippen molar-refractivity contribution < 1.29 is 19.4 Å². The molecular weight excluding hydrogens is 472 g/mol.